The molecule has 6 nitrogen and oxygen atoms in total. The second kappa shape index (κ2) is 8.78. The number of amides is 2. The zero-order valence-electron chi connectivity index (χ0n) is 14.6. The Bertz CT molecular complexity index is 841. The largest absolute Gasteiger partial charge is 0.495 e. The van der Waals surface area contributed by atoms with Crippen molar-refractivity contribution in [2.45, 2.75) is 6.92 Å². The molecule has 0 aliphatic rings. The van der Waals surface area contributed by atoms with Gasteiger partial charge in [-0.1, -0.05) is 23.2 Å². The molecule has 0 saturated heterocycles. The van der Waals surface area contributed by atoms with Crippen LogP contribution in [-0.2, 0) is 4.79 Å². The third-order valence-corrected chi connectivity index (χ3v) is 4.37. The number of aryl methyl sites for hydroxylation is 1. The minimum Gasteiger partial charge on any atom is -0.495 e. The molecule has 0 aromatic heterocycles. The summed E-state index contributed by atoms with van der Waals surface area (Å²) in [4.78, 5) is 23.8. The quantitative estimate of drug-likeness (QED) is 0.696. The van der Waals surface area contributed by atoms with Gasteiger partial charge in [-0.05, 0) is 36.8 Å². The fourth-order valence-corrected chi connectivity index (χ4v) is 2.67. The number of methoxy groups -OCH3 is 1. The summed E-state index contributed by atoms with van der Waals surface area (Å²) in [6.07, 6.45) is 0. The second-order valence-corrected chi connectivity index (χ2v) is 6.29. The maximum Gasteiger partial charge on any atom is 0.252 e. The van der Waals surface area contributed by atoms with E-state index in [-0.39, 0.29) is 18.4 Å². The average molecular weight is 396 g/mol. The Hall–Kier alpha value is -2.44. The smallest absolute Gasteiger partial charge is 0.252 e. The molecule has 138 valence electrons. The van der Waals surface area contributed by atoms with Gasteiger partial charge in [0.25, 0.3) is 5.91 Å². The van der Waals surface area contributed by atoms with Gasteiger partial charge in [-0.3, -0.25) is 9.59 Å². The highest BCUT2D eigenvalue weighted by Crippen LogP contribution is 2.30. The fourth-order valence-electron chi connectivity index (χ4n) is 2.25. The van der Waals surface area contributed by atoms with Gasteiger partial charge in [0.15, 0.2) is 0 Å². The molecule has 26 heavy (non-hydrogen) atoms. The van der Waals surface area contributed by atoms with E-state index in [0.29, 0.717) is 32.7 Å². The predicted molar refractivity (Wildman–Crippen MR) is 105 cm³/mol. The molecule has 2 aromatic rings. The van der Waals surface area contributed by atoms with E-state index in [4.69, 9.17) is 27.9 Å². The summed E-state index contributed by atoms with van der Waals surface area (Å²) in [5.41, 5.74) is 2.35. The van der Waals surface area contributed by atoms with Gasteiger partial charge in [0.2, 0.25) is 5.91 Å². The number of carbonyl (C=O) groups is 2. The molecule has 2 rings (SSSR count). The molecule has 0 spiro atoms. The van der Waals surface area contributed by atoms with Crippen molar-refractivity contribution in [1.29, 1.82) is 0 Å². The SMILES string of the molecule is CNC(=O)c1ccc(NCC(=O)Nc2cc(C)c(Cl)cc2OC)cc1Cl. The maximum atomic E-state index is 12.2. The second-order valence-electron chi connectivity index (χ2n) is 5.48. The van der Waals surface area contributed by atoms with E-state index in [1.54, 1.807) is 30.3 Å². The predicted octanol–water partition coefficient (Wildman–Crippen LogP) is 3.72. The first-order valence-electron chi connectivity index (χ1n) is 7.75. The van der Waals surface area contributed by atoms with Crippen LogP contribution in [0.2, 0.25) is 10.0 Å². The minimum atomic E-state index is -0.274. The number of anilines is 2. The summed E-state index contributed by atoms with van der Waals surface area (Å²) in [6.45, 7) is 1.85. The van der Waals surface area contributed by atoms with Crippen molar-refractivity contribution in [1.82, 2.24) is 5.32 Å². The Morgan fingerprint density at radius 3 is 2.46 bits per heavy atom. The summed E-state index contributed by atoms with van der Waals surface area (Å²) in [6, 6.07) is 8.25. The number of halogens is 2. The van der Waals surface area contributed by atoms with Gasteiger partial charge in [-0.2, -0.15) is 0 Å². The number of nitrogens with one attached hydrogen (secondary N) is 3. The molecular weight excluding hydrogens is 377 g/mol. The van der Waals surface area contributed by atoms with Crippen LogP contribution in [0.1, 0.15) is 15.9 Å². The molecule has 0 heterocycles. The molecule has 0 bridgehead atoms. The lowest BCUT2D eigenvalue weighted by Gasteiger charge is -2.13. The lowest BCUT2D eigenvalue weighted by molar-refractivity contribution is -0.114. The van der Waals surface area contributed by atoms with Gasteiger partial charge in [0.05, 0.1) is 29.9 Å². The van der Waals surface area contributed by atoms with E-state index in [1.807, 2.05) is 6.92 Å². The van der Waals surface area contributed by atoms with Gasteiger partial charge in [-0.25, -0.2) is 0 Å². The van der Waals surface area contributed by atoms with Crippen LogP contribution in [-0.4, -0.2) is 32.5 Å². The topological polar surface area (TPSA) is 79.5 Å². The van der Waals surface area contributed by atoms with Crippen molar-refractivity contribution in [2.24, 2.45) is 0 Å². The Balaban J connectivity index is 2.02. The number of carbonyl (C=O) groups excluding carboxylic acids is 2. The van der Waals surface area contributed by atoms with Crippen molar-refractivity contribution < 1.29 is 14.3 Å². The van der Waals surface area contributed by atoms with Gasteiger partial charge >= 0.3 is 0 Å². The lowest BCUT2D eigenvalue weighted by atomic mass is 10.2. The van der Waals surface area contributed by atoms with Crippen LogP contribution in [0.4, 0.5) is 11.4 Å². The van der Waals surface area contributed by atoms with Crippen LogP contribution < -0.4 is 20.7 Å². The first kappa shape index (κ1) is 19.9. The molecular formula is C18H19Cl2N3O3. The molecule has 0 unspecified atom stereocenters. The van der Waals surface area contributed by atoms with Crippen LogP contribution in [0.25, 0.3) is 0 Å². The van der Waals surface area contributed by atoms with Crippen LogP contribution >= 0.6 is 23.2 Å². The third-order valence-electron chi connectivity index (χ3n) is 3.65. The zero-order chi connectivity index (χ0) is 19.3. The van der Waals surface area contributed by atoms with Gasteiger partial charge in [0.1, 0.15) is 5.75 Å². The Kier molecular flexibility index (Phi) is 6.71. The maximum absolute atomic E-state index is 12.2. The Morgan fingerprint density at radius 2 is 1.85 bits per heavy atom. The number of hydrogen-bond donors (Lipinski definition) is 3. The molecule has 0 radical (unpaired) electrons. The highest BCUT2D eigenvalue weighted by Gasteiger charge is 2.12. The highest BCUT2D eigenvalue weighted by atomic mass is 35.5. The standard InChI is InChI=1S/C18H19Cl2N3O3/c1-10-6-15(16(26-3)8-13(10)19)23-17(24)9-22-11-4-5-12(14(20)7-11)18(25)21-2/h4-8,22H,9H2,1-3H3,(H,21,25)(H,23,24). The molecule has 3 N–H and O–H groups in total. The van der Waals surface area contributed by atoms with Crippen molar-refractivity contribution in [3.63, 3.8) is 0 Å². The van der Waals surface area contributed by atoms with E-state index < -0.39 is 0 Å². The van der Waals surface area contributed by atoms with Crippen molar-refractivity contribution >= 4 is 46.4 Å². The van der Waals surface area contributed by atoms with E-state index >= 15 is 0 Å². The average Bonchev–Trinajstić information content (AvgIpc) is 2.62. The monoisotopic (exact) mass is 395 g/mol. The van der Waals surface area contributed by atoms with E-state index in [1.165, 1.54) is 14.2 Å². The Morgan fingerprint density at radius 1 is 1.12 bits per heavy atom. The normalized spacial score (nSPS) is 10.2. The first-order valence-corrected chi connectivity index (χ1v) is 8.50. The molecule has 0 aliphatic heterocycles. The molecule has 8 heteroatoms. The van der Waals surface area contributed by atoms with Crippen molar-refractivity contribution in [3.05, 3.63) is 51.5 Å². The molecule has 2 amide bonds. The molecule has 0 aliphatic carbocycles. The van der Waals surface area contributed by atoms with Crippen molar-refractivity contribution in [3.8, 4) is 5.75 Å². The minimum absolute atomic E-state index is 0.0144. The van der Waals surface area contributed by atoms with Crippen LogP contribution in [0.3, 0.4) is 0 Å². The first-order chi connectivity index (χ1) is 12.3. The number of hydrogen-bond acceptors (Lipinski definition) is 4. The summed E-state index contributed by atoms with van der Waals surface area (Å²) in [5, 5.41) is 9.09. The van der Waals surface area contributed by atoms with Crippen LogP contribution in [0.15, 0.2) is 30.3 Å². The lowest BCUT2D eigenvalue weighted by Crippen LogP contribution is -2.22. The highest BCUT2D eigenvalue weighted by molar-refractivity contribution is 6.34. The number of benzene rings is 2. The summed E-state index contributed by atoms with van der Waals surface area (Å²) < 4.78 is 5.23. The van der Waals surface area contributed by atoms with Crippen LogP contribution in [0, 0.1) is 6.92 Å². The van der Waals surface area contributed by atoms with Crippen LogP contribution in [0.5, 0.6) is 5.75 Å². The summed E-state index contributed by atoms with van der Waals surface area (Å²) in [5.74, 6) is -0.0621. The van der Waals surface area contributed by atoms with Gasteiger partial charge in [-0.15, -0.1) is 0 Å². The van der Waals surface area contributed by atoms with E-state index in [9.17, 15) is 9.59 Å². The molecule has 0 saturated carbocycles. The number of ether oxygens (including phenoxy) is 1. The summed E-state index contributed by atoms with van der Waals surface area (Å²) in [7, 11) is 3.03. The zero-order valence-corrected chi connectivity index (χ0v) is 16.1. The van der Waals surface area contributed by atoms with Crippen molar-refractivity contribution in [2.75, 3.05) is 31.3 Å². The molecule has 2 aromatic carbocycles. The van der Waals surface area contributed by atoms with Gasteiger partial charge < -0.3 is 20.7 Å². The van der Waals surface area contributed by atoms with E-state index in [2.05, 4.69) is 16.0 Å². The molecule has 0 atom stereocenters. The number of rotatable bonds is 6. The molecule has 0 fully saturated rings. The van der Waals surface area contributed by atoms with E-state index in [0.717, 1.165) is 5.56 Å². The third kappa shape index (κ3) is 4.80. The summed E-state index contributed by atoms with van der Waals surface area (Å²) >= 11 is 12.1. The Labute approximate surface area is 161 Å². The fraction of sp³-hybridized carbons (Fsp3) is 0.222. The van der Waals surface area contributed by atoms with Gasteiger partial charge in [0, 0.05) is 23.8 Å².